The van der Waals surface area contributed by atoms with Gasteiger partial charge in [-0.3, -0.25) is 4.57 Å². The molecule has 1 aliphatic heterocycles. The molecule has 0 radical (unpaired) electrons. The summed E-state index contributed by atoms with van der Waals surface area (Å²) in [5.41, 5.74) is 4.12. The highest BCUT2D eigenvalue weighted by Gasteiger charge is 2.31. The van der Waals surface area contributed by atoms with Crippen LogP contribution in [0.1, 0.15) is 33.0 Å². The number of thiophene rings is 1. The van der Waals surface area contributed by atoms with Crippen molar-refractivity contribution in [2.45, 2.75) is 27.3 Å². The highest BCUT2D eigenvalue weighted by atomic mass is 35.5. The van der Waals surface area contributed by atoms with E-state index in [0.717, 1.165) is 32.3 Å². The Balaban J connectivity index is 1.76. The number of anilines is 1. The standard InChI is InChI=1S/C22H18ClN7O2S/c1-12-13(2)33-21-18(12)19(15-6-8-17(23)9-7-15)27-28(22-26-25-14(3)29(21)22)11-16-5-4-10-24-20(16)30(31)32/h4-10H,11H2,1-3H3. The van der Waals surface area contributed by atoms with Crippen molar-refractivity contribution >= 4 is 40.4 Å². The van der Waals surface area contributed by atoms with Gasteiger partial charge in [0.15, 0.2) is 0 Å². The van der Waals surface area contributed by atoms with Gasteiger partial charge in [-0.2, -0.15) is 5.10 Å². The molecule has 0 fully saturated rings. The molecule has 11 heteroatoms. The van der Waals surface area contributed by atoms with E-state index >= 15 is 0 Å². The van der Waals surface area contributed by atoms with Crippen molar-refractivity contribution in [3.63, 3.8) is 0 Å². The van der Waals surface area contributed by atoms with Gasteiger partial charge < -0.3 is 10.1 Å². The van der Waals surface area contributed by atoms with Crippen LogP contribution in [0.2, 0.25) is 5.02 Å². The molecule has 1 aromatic carbocycles. The molecular weight excluding hydrogens is 462 g/mol. The third-order valence-corrected chi connectivity index (χ3v) is 6.99. The number of nitro groups is 1. The SMILES string of the molecule is Cc1sc2c(c1C)C(c1ccc(Cl)cc1)=NN(Cc1cccnc1[N+](=O)[O-])c1nnc(C)n1-2. The van der Waals surface area contributed by atoms with Crippen LogP contribution in [0.3, 0.4) is 0 Å². The second-order valence-electron chi connectivity index (χ2n) is 7.60. The number of nitrogens with zero attached hydrogens (tertiary/aromatic N) is 7. The van der Waals surface area contributed by atoms with E-state index in [1.54, 1.807) is 28.5 Å². The lowest BCUT2D eigenvalue weighted by molar-refractivity contribution is -0.390. The molecule has 0 saturated heterocycles. The number of hydrazone groups is 1. The first-order valence-electron chi connectivity index (χ1n) is 10.1. The van der Waals surface area contributed by atoms with Crippen LogP contribution in [0.25, 0.3) is 5.00 Å². The average Bonchev–Trinajstić information content (AvgIpc) is 3.27. The van der Waals surface area contributed by atoms with Crippen molar-refractivity contribution in [2.75, 3.05) is 5.01 Å². The van der Waals surface area contributed by atoms with Gasteiger partial charge in [-0.25, -0.2) is 5.01 Å². The quantitative estimate of drug-likeness (QED) is 0.302. The number of aryl methyl sites for hydroxylation is 2. The summed E-state index contributed by atoms with van der Waals surface area (Å²) in [6, 6.07) is 10.8. The number of aromatic nitrogens is 4. The molecule has 0 N–H and O–H groups in total. The minimum atomic E-state index is -0.489. The molecule has 0 saturated carbocycles. The molecule has 4 aromatic rings. The van der Waals surface area contributed by atoms with Crippen LogP contribution >= 0.6 is 22.9 Å². The van der Waals surface area contributed by atoms with Gasteiger partial charge >= 0.3 is 5.82 Å². The second-order valence-corrected chi connectivity index (χ2v) is 9.24. The topological polar surface area (TPSA) is 102 Å². The molecule has 0 aliphatic carbocycles. The van der Waals surface area contributed by atoms with Crippen molar-refractivity contribution < 1.29 is 4.92 Å². The molecule has 0 spiro atoms. The summed E-state index contributed by atoms with van der Waals surface area (Å²) in [7, 11) is 0. The summed E-state index contributed by atoms with van der Waals surface area (Å²) in [6.45, 7) is 6.12. The van der Waals surface area contributed by atoms with Crippen molar-refractivity contribution in [1.82, 2.24) is 19.7 Å². The molecule has 5 rings (SSSR count). The summed E-state index contributed by atoms with van der Waals surface area (Å²) in [5, 5.41) is 28.4. The smallest absolute Gasteiger partial charge is 0.358 e. The molecule has 33 heavy (non-hydrogen) atoms. The summed E-state index contributed by atoms with van der Waals surface area (Å²) in [4.78, 5) is 16.2. The van der Waals surface area contributed by atoms with Crippen LogP contribution in [0.5, 0.6) is 0 Å². The lowest BCUT2D eigenvalue weighted by Crippen LogP contribution is -2.21. The zero-order valence-electron chi connectivity index (χ0n) is 18.0. The van der Waals surface area contributed by atoms with Gasteiger partial charge in [-0.05, 0) is 60.5 Å². The Morgan fingerprint density at radius 3 is 2.61 bits per heavy atom. The molecular formula is C22H18ClN7O2S. The number of hydrogen-bond donors (Lipinski definition) is 0. The summed E-state index contributed by atoms with van der Waals surface area (Å²) < 4.78 is 1.95. The number of fused-ring (bicyclic) bond motifs is 3. The fraction of sp³-hybridized carbons (Fsp3) is 0.182. The predicted octanol–water partition coefficient (Wildman–Crippen LogP) is 4.98. The average molecular weight is 480 g/mol. The summed E-state index contributed by atoms with van der Waals surface area (Å²) >= 11 is 7.77. The minimum absolute atomic E-state index is 0.104. The maximum Gasteiger partial charge on any atom is 0.368 e. The highest BCUT2D eigenvalue weighted by molar-refractivity contribution is 7.15. The Bertz CT molecular complexity index is 1430. The molecule has 0 atom stereocenters. The minimum Gasteiger partial charge on any atom is -0.358 e. The maximum absolute atomic E-state index is 11.6. The predicted molar refractivity (Wildman–Crippen MR) is 128 cm³/mol. The summed E-state index contributed by atoms with van der Waals surface area (Å²) in [5.74, 6) is 0.970. The van der Waals surface area contributed by atoms with E-state index in [2.05, 4.69) is 29.0 Å². The van der Waals surface area contributed by atoms with E-state index in [1.807, 2.05) is 35.8 Å². The fourth-order valence-electron chi connectivity index (χ4n) is 3.81. The van der Waals surface area contributed by atoms with Crippen LogP contribution < -0.4 is 5.01 Å². The van der Waals surface area contributed by atoms with Crippen LogP contribution in [0.4, 0.5) is 11.8 Å². The van der Waals surface area contributed by atoms with Gasteiger partial charge in [0.1, 0.15) is 22.7 Å². The van der Waals surface area contributed by atoms with E-state index in [1.165, 1.54) is 6.20 Å². The van der Waals surface area contributed by atoms with E-state index < -0.39 is 4.92 Å². The summed E-state index contributed by atoms with van der Waals surface area (Å²) in [6.07, 6.45) is 1.41. The van der Waals surface area contributed by atoms with Crippen LogP contribution in [0, 0.1) is 30.9 Å². The number of pyridine rings is 1. The normalized spacial score (nSPS) is 12.7. The van der Waals surface area contributed by atoms with Crippen LogP contribution in [-0.2, 0) is 6.54 Å². The fourth-order valence-corrected chi connectivity index (χ4v) is 5.14. The lowest BCUT2D eigenvalue weighted by Gasteiger charge is -2.17. The molecule has 0 amide bonds. The van der Waals surface area contributed by atoms with Gasteiger partial charge in [0.2, 0.25) is 0 Å². The molecule has 3 aromatic heterocycles. The monoisotopic (exact) mass is 479 g/mol. The van der Waals surface area contributed by atoms with Crippen LogP contribution in [-0.4, -0.2) is 30.4 Å². The number of rotatable bonds is 4. The van der Waals surface area contributed by atoms with Crippen molar-refractivity contribution in [3.8, 4) is 5.00 Å². The van der Waals surface area contributed by atoms with Gasteiger partial charge in [0, 0.05) is 21.0 Å². The van der Waals surface area contributed by atoms with E-state index in [0.29, 0.717) is 22.4 Å². The molecule has 0 bridgehead atoms. The first-order chi connectivity index (χ1) is 15.8. The maximum atomic E-state index is 11.6. The first-order valence-corrected chi connectivity index (χ1v) is 11.3. The third-order valence-electron chi connectivity index (χ3n) is 5.54. The van der Waals surface area contributed by atoms with E-state index in [4.69, 9.17) is 16.7 Å². The van der Waals surface area contributed by atoms with Gasteiger partial charge in [0.05, 0.1) is 12.1 Å². The Labute approximate surface area is 198 Å². The van der Waals surface area contributed by atoms with Gasteiger partial charge in [-0.1, -0.05) is 23.7 Å². The Morgan fingerprint density at radius 1 is 1.12 bits per heavy atom. The molecule has 4 heterocycles. The molecule has 0 unspecified atom stereocenters. The Kier molecular flexibility index (Phi) is 5.18. The van der Waals surface area contributed by atoms with Gasteiger partial charge in [0.25, 0.3) is 5.95 Å². The van der Waals surface area contributed by atoms with E-state index in [-0.39, 0.29) is 12.4 Å². The van der Waals surface area contributed by atoms with Crippen LogP contribution in [0.15, 0.2) is 47.7 Å². The second kappa shape index (κ2) is 8.05. The van der Waals surface area contributed by atoms with Crippen molar-refractivity contribution in [1.29, 1.82) is 0 Å². The zero-order chi connectivity index (χ0) is 23.3. The van der Waals surface area contributed by atoms with Crippen molar-refractivity contribution in [2.24, 2.45) is 5.10 Å². The third kappa shape index (κ3) is 3.57. The van der Waals surface area contributed by atoms with Crippen molar-refractivity contribution in [3.05, 3.63) is 90.7 Å². The number of hydrogen-bond acceptors (Lipinski definition) is 8. The number of benzene rings is 1. The Morgan fingerprint density at radius 2 is 1.88 bits per heavy atom. The largest absolute Gasteiger partial charge is 0.368 e. The first kappa shape index (κ1) is 21.2. The highest BCUT2D eigenvalue weighted by Crippen LogP contribution is 2.39. The van der Waals surface area contributed by atoms with E-state index in [9.17, 15) is 10.1 Å². The number of halogens is 1. The molecule has 9 nitrogen and oxygen atoms in total. The van der Waals surface area contributed by atoms with Gasteiger partial charge in [-0.15, -0.1) is 21.5 Å². The zero-order valence-corrected chi connectivity index (χ0v) is 19.6. The Hall–Kier alpha value is -3.63. The lowest BCUT2D eigenvalue weighted by atomic mass is 10.00. The molecule has 166 valence electrons. The molecule has 1 aliphatic rings.